The van der Waals surface area contributed by atoms with E-state index in [1.54, 1.807) is 21.3 Å². The van der Waals surface area contributed by atoms with Crippen LogP contribution in [0.5, 0.6) is 11.5 Å². The van der Waals surface area contributed by atoms with E-state index in [4.69, 9.17) is 18.9 Å². The highest BCUT2D eigenvalue weighted by atomic mass is 28.3. The molecule has 1 heterocycles. The summed E-state index contributed by atoms with van der Waals surface area (Å²) in [5.41, 5.74) is 19.2. The molecule has 0 aromatic heterocycles. The molecule has 5 aromatic rings. The Morgan fingerprint density at radius 1 is 0.673 bits per heavy atom. The van der Waals surface area contributed by atoms with Crippen molar-refractivity contribution >= 4 is 29.2 Å². The molecule has 0 spiro atoms. The van der Waals surface area contributed by atoms with E-state index in [2.05, 4.69) is 107 Å². The number of fused-ring (bicyclic) bond motifs is 2. The highest BCUT2D eigenvalue weighted by Gasteiger charge is 2.51. The molecule has 1 aliphatic heterocycles. The SMILES string of the molecule is COCc1c(C)c2c(c(-c3cc(C)c(OC)c(C)c3)c1COC)[Si](C#Cc1cc(C)c(OC)c(C)c1)(C1CCCCC1)c1cccc3cccc-2c13. The van der Waals surface area contributed by atoms with Gasteiger partial charge >= 0.3 is 0 Å². The predicted molar refractivity (Wildman–Crippen MR) is 218 cm³/mol. The minimum atomic E-state index is -2.93. The Balaban J connectivity index is 1.73. The van der Waals surface area contributed by atoms with Crippen LogP contribution in [-0.4, -0.2) is 36.5 Å². The van der Waals surface area contributed by atoms with Crippen molar-refractivity contribution in [2.75, 3.05) is 28.4 Å². The topological polar surface area (TPSA) is 36.9 Å². The fourth-order valence-corrected chi connectivity index (χ4v) is 15.5. The van der Waals surface area contributed by atoms with Crippen LogP contribution in [0.1, 0.15) is 76.6 Å². The molecule has 7 rings (SSSR count). The summed E-state index contributed by atoms with van der Waals surface area (Å²) in [5, 5.41) is 5.58. The highest BCUT2D eigenvalue weighted by molar-refractivity contribution is 7.12. The van der Waals surface area contributed by atoms with Crippen molar-refractivity contribution in [1.82, 2.24) is 0 Å². The molecule has 0 bridgehead atoms. The molecule has 1 saturated carbocycles. The number of benzene rings is 5. The van der Waals surface area contributed by atoms with Crippen LogP contribution in [0, 0.1) is 46.1 Å². The average Bonchev–Trinajstić information content (AvgIpc) is 3.13. The first-order valence-electron chi connectivity index (χ1n) is 18.7. The number of hydrogen-bond donors (Lipinski definition) is 0. The van der Waals surface area contributed by atoms with E-state index in [1.807, 2.05) is 7.11 Å². The second-order valence-corrected chi connectivity index (χ2v) is 18.7. The van der Waals surface area contributed by atoms with Crippen LogP contribution in [0.4, 0.5) is 0 Å². The molecular weight excluding hydrogens is 657 g/mol. The summed E-state index contributed by atoms with van der Waals surface area (Å²) in [6.45, 7) is 11.9. The molecule has 1 fully saturated rings. The van der Waals surface area contributed by atoms with Gasteiger partial charge in [-0.3, -0.25) is 0 Å². The summed E-state index contributed by atoms with van der Waals surface area (Å²) in [6, 6.07) is 23.0. The Morgan fingerprint density at radius 2 is 1.25 bits per heavy atom. The minimum absolute atomic E-state index is 0.453. The van der Waals surface area contributed by atoms with Crippen molar-refractivity contribution in [1.29, 1.82) is 0 Å². The first-order valence-corrected chi connectivity index (χ1v) is 20.8. The Morgan fingerprint density at radius 3 is 1.85 bits per heavy atom. The molecule has 0 amide bonds. The molecule has 0 saturated heterocycles. The molecule has 2 aliphatic rings. The first kappa shape index (κ1) is 36.0. The largest absolute Gasteiger partial charge is 0.496 e. The molecule has 4 nitrogen and oxygen atoms in total. The van der Waals surface area contributed by atoms with Gasteiger partial charge < -0.3 is 18.9 Å². The third kappa shape index (κ3) is 5.77. The van der Waals surface area contributed by atoms with Crippen LogP contribution < -0.4 is 19.8 Å². The molecule has 0 N–H and O–H groups in total. The van der Waals surface area contributed by atoms with E-state index in [0.29, 0.717) is 18.8 Å². The van der Waals surface area contributed by atoms with Crippen LogP contribution in [0.15, 0.2) is 60.7 Å². The van der Waals surface area contributed by atoms with Gasteiger partial charge in [-0.1, -0.05) is 74.4 Å². The van der Waals surface area contributed by atoms with Gasteiger partial charge in [0, 0.05) is 19.8 Å². The van der Waals surface area contributed by atoms with Gasteiger partial charge in [0.15, 0.2) is 0 Å². The summed E-state index contributed by atoms with van der Waals surface area (Å²) in [6.07, 6.45) is 6.10. The maximum absolute atomic E-state index is 6.13. The van der Waals surface area contributed by atoms with Crippen LogP contribution in [0.25, 0.3) is 33.0 Å². The maximum atomic E-state index is 6.13. The van der Waals surface area contributed by atoms with E-state index < -0.39 is 8.07 Å². The second-order valence-electron chi connectivity index (χ2n) is 15.0. The lowest BCUT2D eigenvalue weighted by atomic mass is 9.84. The Labute approximate surface area is 311 Å². The Kier molecular flexibility index (Phi) is 10.1. The van der Waals surface area contributed by atoms with Crippen LogP contribution in [-0.2, 0) is 22.7 Å². The van der Waals surface area contributed by atoms with Crippen molar-refractivity contribution in [2.24, 2.45) is 0 Å². The molecule has 268 valence electrons. The van der Waals surface area contributed by atoms with E-state index >= 15 is 0 Å². The number of ether oxygens (including phenoxy) is 4. The van der Waals surface area contributed by atoms with Crippen LogP contribution in [0.2, 0.25) is 5.54 Å². The molecule has 5 aromatic carbocycles. The van der Waals surface area contributed by atoms with E-state index in [0.717, 1.165) is 39.3 Å². The fraction of sp³-hybridized carbons (Fsp3) is 0.362. The van der Waals surface area contributed by atoms with Gasteiger partial charge in [-0.15, -0.1) is 5.54 Å². The van der Waals surface area contributed by atoms with Crippen molar-refractivity contribution in [3.8, 4) is 45.2 Å². The lowest BCUT2D eigenvalue weighted by molar-refractivity contribution is 0.168. The van der Waals surface area contributed by atoms with Gasteiger partial charge in [0.2, 0.25) is 8.07 Å². The monoisotopic (exact) mass is 708 g/mol. The zero-order valence-corrected chi connectivity index (χ0v) is 33.4. The minimum Gasteiger partial charge on any atom is -0.496 e. The smallest absolute Gasteiger partial charge is 0.204 e. The lowest BCUT2D eigenvalue weighted by Gasteiger charge is -2.45. The molecular formula is C47H52O4Si. The number of methoxy groups -OCH3 is 4. The average molecular weight is 709 g/mol. The predicted octanol–water partition coefficient (Wildman–Crippen LogP) is 9.83. The second kappa shape index (κ2) is 14.6. The fourth-order valence-electron chi connectivity index (χ4n) is 9.82. The van der Waals surface area contributed by atoms with Gasteiger partial charge in [-0.05, 0) is 147 Å². The molecule has 1 atom stereocenters. The van der Waals surface area contributed by atoms with Crippen LogP contribution >= 0.6 is 0 Å². The normalized spacial score (nSPS) is 16.7. The molecule has 52 heavy (non-hydrogen) atoms. The summed E-state index contributed by atoms with van der Waals surface area (Å²) in [5.74, 6) is 5.78. The summed E-state index contributed by atoms with van der Waals surface area (Å²) in [4.78, 5) is 0. The maximum Gasteiger partial charge on any atom is 0.204 e. The van der Waals surface area contributed by atoms with Gasteiger partial charge in [-0.25, -0.2) is 0 Å². The van der Waals surface area contributed by atoms with Crippen molar-refractivity contribution < 1.29 is 18.9 Å². The lowest BCUT2D eigenvalue weighted by Crippen LogP contribution is -2.64. The van der Waals surface area contributed by atoms with Gasteiger partial charge in [0.25, 0.3) is 0 Å². The van der Waals surface area contributed by atoms with Crippen LogP contribution in [0.3, 0.4) is 0 Å². The zero-order chi connectivity index (χ0) is 36.7. The quantitative estimate of drug-likeness (QED) is 0.119. The van der Waals surface area contributed by atoms with Gasteiger partial charge in [0.05, 0.1) is 27.4 Å². The highest BCUT2D eigenvalue weighted by Crippen LogP contribution is 2.48. The zero-order valence-electron chi connectivity index (χ0n) is 32.4. The first-order chi connectivity index (χ1) is 25.2. The standard InChI is InChI=1S/C47H52O4Si/c1-29-23-34(24-30(2)45(29)50-8)21-22-52(37-17-11-10-12-18-37)41-20-14-16-35-15-13-19-38(43(35)41)42-33(5)39(27-48-6)40(28-49-7)44(47(42)52)36-25-31(3)46(51-9)32(4)26-36/h13-16,19-20,23-26,37H,10-12,17-18,27-28H2,1-9H3. The van der Waals surface area contributed by atoms with E-state index in [1.165, 1.54) is 92.2 Å². The van der Waals surface area contributed by atoms with Crippen molar-refractivity contribution in [3.05, 3.63) is 105 Å². The van der Waals surface area contributed by atoms with Crippen molar-refractivity contribution in [2.45, 2.75) is 85.5 Å². The number of rotatable bonds is 8. The molecule has 1 aliphatic carbocycles. The van der Waals surface area contributed by atoms with Gasteiger partial charge in [0.1, 0.15) is 11.5 Å². The molecule has 0 radical (unpaired) electrons. The Bertz CT molecular complexity index is 2200. The summed E-state index contributed by atoms with van der Waals surface area (Å²) >= 11 is 0. The van der Waals surface area contributed by atoms with Crippen molar-refractivity contribution in [3.63, 3.8) is 0 Å². The van der Waals surface area contributed by atoms with E-state index in [-0.39, 0.29) is 0 Å². The number of hydrogen-bond acceptors (Lipinski definition) is 4. The van der Waals surface area contributed by atoms with Gasteiger partial charge in [-0.2, -0.15) is 0 Å². The number of aryl methyl sites for hydroxylation is 4. The Hall–Kier alpha value is -4.34. The summed E-state index contributed by atoms with van der Waals surface area (Å²) in [7, 11) is 4.21. The summed E-state index contributed by atoms with van der Waals surface area (Å²) < 4.78 is 23.8. The molecule has 1 unspecified atom stereocenters. The van der Waals surface area contributed by atoms with E-state index in [9.17, 15) is 0 Å². The third-order valence-electron chi connectivity index (χ3n) is 11.8. The molecule has 5 heteroatoms. The third-order valence-corrected chi connectivity index (χ3v) is 16.7.